The van der Waals surface area contributed by atoms with Crippen LogP contribution in [0, 0.1) is 10.1 Å². The first-order chi connectivity index (χ1) is 13.6. The second-order valence-electron chi connectivity index (χ2n) is 6.21. The van der Waals surface area contributed by atoms with Gasteiger partial charge in [0.15, 0.2) is 5.65 Å². The average molecular weight is 376 g/mol. The highest BCUT2D eigenvalue weighted by Crippen LogP contribution is 2.33. The van der Waals surface area contributed by atoms with Crippen LogP contribution in [-0.4, -0.2) is 26.2 Å². The second kappa shape index (κ2) is 6.99. The van der Waals surface area contributed by atoms with E-state index in [4.69, 9.17) is 4.74 Å². The van der Waals surface area contributed by atoms with Gasteiger partial charge in [-0.25, -0.2) is 9.48 Å². The molecule has 0 amide bonds. The summed E-state index contributed by atoms with van der Waals surface area (Å²) in [5.41, 5.74) is 2.54. The highest BCUT2D eigenvalue weighted by molar-refractivity contribution is 5.73. The van der Waals surface area contributed by atoms with Crippen molar-refractivity contribution in [3.8, 4) is 16.9 Å². The predicted molar refractivity (Wildman–Crippen MR) is 104 cm³/mol. The number of hydrogen-bond acceptors (Lipinski definition) is 5. The van der Waals surface area contributed by atoms with E-state index in [1.807, 2.05) is 18.2 Å². The maximum absolute atomic E-state index is 12.5. The van der Waals surface area contributed by atoms with Crippen LogP contribution >= 0.6 is 0 Å². The van der Waals surface area contributed by atoms with Gasteiger partial charge in [0.1, 0.15) is 5.75 Å². The van der Waals surface area contributed by atoms with Gasteiger partial charge in [0, 0.05) is 23.9 Å². The second-order valence-corrected chi connectivity index (χ2v) is 6.21. The number of pyridine rings is 1. The molecule has 0 fully saturated rings. The van der Waals surface area contributed by atoms with Crippen molar-refractivity contribution in [3.63, 3.8) is 0 Å². The van der Waals surface area contributed by atoms with Gasteiger partial charge in [0.2, 0.25) is 0 Å². The molecule has 0 aliphatic carbocycles. The van der Waals surface area contributed by atoms with Gasteiger partial charge in [0.05, 0.1) is 18.6 Å². The molecule has 0 N–H and O–H groups in total. The number of benzene rings is 2. The third-order valence-corrected chi connectivity index (χ3v) is 4.45. The summed E-state index contributed by atoms with van der Waals surface area (Å²) in [7, 11) is 1.54. The summed E-state index contributed by atoms with van der Waals surface area (Å²) in [6.07, 6.45) is 1.67. The summed E-state index contributed by atoms with van der Waals surface area (Å²) >= 11 is 0. The smallest absolute Gasteiger partial charge is 0.350 e. The third kappa shape index (κ3) is 3.11. The first kappa shape index (κ1) is 17.5. The molecule has 0 radical (unpaired) electrons. The van der Waals surface area contributed by atoms with Crippen LogP contribution in [0.1, 0.15) is 5.56 Å². The van der Waals surface area contributed by atoms with Crippen LogP contribution in [0.25, 0.3) is 16.8 Å². The minimum atomic E-state index is -0.434. The minimum absolute atomic E-state index is 0.00141. The fourth-order valence-electron chi connectivity index (χ4n) is 3.11. The van der Waals surface area contributed by atoms with Gasteiger partial charge < -0.3 is 4.74 Å². The molecule has 4 aromatic rings. The van der Waals surface area contributed by atoms with E-state index in [1.165, 1.54) is 21.2 Å². The molecule has 8 nitrogen and oxygen atoms in total. The molecule has 0 aliphatic rings. The molecular weight excluding hydrogens is 360 g/mol. The third-order valence-electron chi connectivity index (χ3n) is 4.45. The molecule has 140 valence electrons. The Kier molecular flexibility index (Phi) is 4.36. The SMILES string of the molecule is COc1ccc(Cn2nc3ccccn3c2=O)cc1-c1cccc([N+](=O)[O-])c1. The zero-order chi connectivity index (χ0) is 19.7. The standard InChI is InChI=1S/C20H16N4O4/c1-28-18-9-8-14(11-17(18)15-5-4-6-16(12-15)24(26)27)13-23-20(25)22-10-3-2-7-19(22)21-23/h2-12H,13H2,1H3. The lowest BCUT2D eigenvalue weighted by molar-refractivity contribution is -0.384. The molecule has 2 aromatic carbocycles. The van der Waals surface area contributed by atoms with Crippen molar-refractivity contribution in [2.45, 2.75) is 6.54 Å². The monoisotopic (exact) mass is 376 g/mol. The maximum atomic E-state index is 12.5. The highest BCUT2D eigenvalue weighted by atomic mass is 16.6. The number of nitrogens with zero attached hydrogens (tertiary/aromatic N) is 4. The van der Waals surface area contributed by atoms with Gasteiger partial charge >= 0.3 is 5.69 Å². The molecule has 8 heteroatoms. The number of fused-ring (bicyclic) bond motifs is 1. The lowest BCUT2D eigenvalue weighted by Gasteiger charge is -2.11. The molecule has 0 aliphatic heterocycles. The Hall–Kier alpha value is -3.94. The van der Waals surface area contributed by atoms with E-state index in [9.17, 15) is 14.9 Å². The van der Waals surface area contributed by atoms with E-state index >= 15 is 0 Å². The molecule has 0 atom stereocenters. The predicted octanol–water partition coefficient (Wildman–Crippen LogP) is 3.13. The molecule has 0 saturated heterocycles. The summed E-state index contributed by atoms with van der Waals surface area (Å²) in [5.74, 6) is 0.589. The number of non-ortho nitro benzene ring substituents is 1. The molecule has 0 unspecified atom stereocenters. The maximum Gasteiger partial charge on any atom is 0.350 e. The fraction of sp³-hybridized carbons (Fsp3) is 0.100. The topological polar surface area (TPSA) is 91.7 Å². The van der Waals surface area contributed by atoms with Crippen LogP contribution in [0.3, 0.4) is 0 Å². The van der Waals surface area contributed by atoms with Crippen LogP contribution < -0.4 is 10.4 Å². The van der Waals surface area contributed by atoms with Crippen LogP contribution in [-0.2, 0) is 6.54 Å². The Balaban J connectivity index is 1.76. The Morgan fingerprint density at radius 2 is 1.96 bits per heavy atom. The summed E-state index contributed by atoms with van der Waals surface area (Å²) in [6.45, 7) is 0.270. The molecular formula is C20H16N4O4. The van der Waals surface area contributed by atoms with Gasteiger partial charge in [-0.05, 0) is 35.4 Å². The van der Waals surface area contributed by atoms with Gasteiger partial charge in [0.25, 0.3) is 5.69 Å². The van der Waals surface area contributed by atoms with E-state index in [2.05, 4.69) is 5.10 Å². The molecule has 28 heavy (non-hydrogen) atoms. The zero-order valence-electron chi connectivity index (χ0n) is 15.0. The Morgan fingerprint density at radius 3 is 2.71 bits per heavy atom. The number of ether oxygens (including phenoxy) is 1. The molecule has 2 heterocycles. The Morgan fingerprint density at radius 1 is 1.11 bits per heavy atom. The molecule has 0 spiro atoms. The Labute approximate surface area is 159 Å². The van der Waals surface area contributed by atoms with Crippen molar-refractivity contribution >= 4 is 11.3 Å². The molecule has 0 bridgehead atoms. The van der Waals surface area contributed by atoms with Crippen LogP contribution in [0.4, 0.5) is 5.69 Å². The number of rotatable bonds is 5. The van der Waals surface area contributed by atoms with Gasteiger partial charge in [-0.1, -0.05) is 24.3 Å². The van der Waals surface area contributed by atoms with E-state index in [-0.39, 0.29) is 17.9 Å². The first-order valence-corrected chi connectivity index (χ1v) is 8.53. The quantitative estimate of drug-likeness (QED) is 0.394. The molecule has 0 saturated carbocycles. The van der Waals surface area contributed by atoms with Crippen LogP contribution in [0.15, 0.2) is 71.7 Å². The average Bonchev–Trinajstić information content (AvgIpc) is 3.03. The van der Waals surface area contributed by atoms with Crippen molar-refractivity contribution in [2.75, 3.05) is 7.11 Å². The number of nitro groups is 1. The largest absolute Gasteiger partial charge is 0.496 e. The summed E-state index contributed by atoms with van der Waals surface area (Å²) in [4.78, 5) is 23.2. The lowest BCUT2D eigenvalue weighted by atomic mass is 10.0. The highest BCUT2D eigenvalue weighted by Gasteiger charge is 2.13. The number of hydrogen-bond donors (Lipinski definition) is 0. The molecule has 4 rings (SSSR count). The summed E-state index contributed by atoms with van der Waals surface area (Å²) in [5, 5.41) is 15.4. The summed E-state index contributed by atoms with van der Waals surface area (Å²) in [6, 6.07) is 17.2. The van der Waals surface area contributed by atoms with Crippen LogP contribution in [0.5, 0.6) is 5.75 Å². The van der Waals surface area contributed by atoms with Crippen molar-refractivity contribution < 1.29 is 9.66 Å². The zero-order valence-corrected chi connectivity index (χ0v) is 15.0. The Bertz CT molecular complexity index is 1240. The van der Waals surface area contributed by atoms with E-state index < -0.39 is 4.92 Å². The van der Waals surface area contributed by atoms with Crippen molar-refractivity contribution in [3.05, 3.63) is 93.0 Å². The fourth-order valence-corrected chi connectivity index (χ4v) is 3.11. The van der Waals surface area contributed by atoms with Crippen molar-refractivity contribution in [2.24, 2.45) is 0 Å². The van der Waals surface area contributed by atoms with Gasteiger partial charge in [-0.3, -0.25) is 14.5 Å². The lowest BCUT2D eigenvalue weighted by Crippen LogP contribution is -2.21. The van der Waals surface area contributed by atoms with E-state index in [1.54, 1.807) is 43.6 Å². The molecule has 2 aromatic heterocycles. The van der Waals surface area contributed by atoms with Gasteiger partial charge in [-0.15, -0.1) is 5.10 Å². The van der Waals surface area contributed by atoms with E-state index in [0.29, 0.717) is 22.5 Å². The van der Waals surface area contributed by atoms with Gasteiger partial charge in [-0.2, -0.15) is 0 Å². The number of aromatic nitrogens is 3. The van der Waals surface area contributed by atoms with Crippen molar-refractivity contribution in [1.29, 1.82) is 0 Å². The summed E-state index contributed by atoms with van der Waals surface area (Å²) < 4.78 is 8.28. The first-order valence-electron chi connectivity index (χ1n) is 8.53. The minimum Gasteiger partial charge on any atom is -0.496 e. The number of methoxy groups -OCH3 is 1. The van der Waals surface area contributed by atoms with Crippen LogP contribution in [0.2, 0.25) is 0 Å². The normalized spacial score (nSPS) is 10.9. The number of nitro benzene ring substituents is 1. The van der Waals surface area contributed by atoms with Crippen molar-refractivity contribution in [1.82, 2.24) is 14.2 Å². The van der Waals surface area contributed by atoms with E-state index in [0.717, 1.165) is 5.56 Å².